The van der Waals surface area contributed by atoms with Gasteiger partial charge in [-0.05, 0) is 43.0 Å². The average Bonchev–Trinajstić information content (AvgIpc) is 3.21. The Morgan fingerprint density at radius 2 is 1.74 bits per heavy atom. The summed E-state index contributed by atoms with van der Waals surface area (Å²) in [6.07, 6.45) is 3.22. The first-order valence-corrected chi connectivity index (χ1v) is 9.49. The van der Waals surface area contributed by atoms with Crippen molar-refractivity contribution in [2.24, 2.45) is 0 Å². The number of aryl methyl sites for hydroxylation is 1. The highest BCUT2D eigenvalue weighted by molar-refractivity contribution is 6.02. The summed E-state index contributed by atoms with van der Waals surface area (Å²) in [6, 6.07) is 15.5. The molecule has 0 unspecified atom stereocenters. The van der Waals surface area contributed by atoms with E-state index in [2.05, 4.69) is 5.32 Å². The highest BCUT2D eigenvalue weighted by Crippen LogP contribution is 2.26. The van der Waals surface area contributed by atoms with Gasteiger partial charge in [0, 0.05) is 45.0 Å². The van der Waals surface area contributed by atoms with Crippen LogP contribution in [0.1, 0.15) is 35.2 Å². The third-order valence-electron chi connectivity index (χ3n) is 4.87. The number of hydrogen-bond donors (Lipinski definition) is 1. The van der Waals surface area contributed by atoms with E-state index in [1.807, 2.05) is 66.4 Å². The van der Waals surface area contributed by atoms with Gasteiger partial charge in [0.25, 0.3) is 5.91 Å². The first-order valence-electron chi connectivity index (χ1n) is 9.49. The van der Waals surface area contributed by atoms with Gasteiger partial charge >= 0.3 is 0 Å². The molecule has 2 aromatic carbocycles. The molecular weight excluding hydrogens is 338 g/mol. The topological polar surface area (TPSA) is 52.7 Å². The maximum Gasteiger partial charge on any atom is 0.256 e. The predicted molar refractivity (Wildman–Crippen MR) is 109 cm³/mol. The molecule has 2 aromatic rings. The molecule has 1 N–H and O–H groups in total. The number of carbonyl (C=O) groups excluding carboxylic acids is 2. The highest BCUT2D eigenvalue weighted by atomic mass is 16.2. The average molecular weight is 365 g/mol. The second-order valence-electron chi connectivity index (χ2n) is 7.16. The van der Waals surface area contributed by atoms with E-state index < -0.39 is 0 Å². The molecule has 27 heavy (non-hydrogen) atoms. The Balaban J connectivity index is 1.70. The van der Waals surface area contributed by atoms with Crippen LogP contribution in [0.4, 0.5) is 11.4 Å². The smallest absolute Gasteiger partial charge is 0.256 e. The lowest BCUT2D eigenvalue weighted by molar-refractivity contribution is -0.116. The minimum absolute atomic E-state index is 0.0385. The van der Waals surface area contributed by atoms with Crippen molar-refractivity contribution < 1.29 is 9.59 Å². The number of benzene rings is 2. The van der Waals surface area contributed by atoms with Gasteiger partial charge in [-0.2, -0.15) is 0 Å². The first kappa shape index (κ1) is 19.0. The van der Waals surface area contributed by atoms with Crippen molar-refractivity contribution >= 4 is 23.2 Å². The molecule has 1 aliphatic heterocycles. The Kier molecular flexibility index (Phi) is 6.12. The second kappa shape index (κ2) is 8.71. The molecule has 1 heterocycles. The Morgan fingerprint density at radius 3 is 2.41 bits per heavy atom. The van der Waals surface area contributed by atoms with Crippen LogP contribution >= 0.6 is 0 Å². The quantitative estimate of drug-likeness (QED) is 0.852. The molecule has 2 amide bonds. The van der Waals surface area contributed by atoms with Crippen molar-refractivity contribution in [2.45, 2.75) is 25.7 Å². The van der Waals surface area contributed by atoms with Crippen LogP contribution in [0.5, 0.6) is 0 Å². The summed E-state index contributed by atoms with van der Waals surface area (Å²) >= 11 is 0. The molecule has 1 aliphatic rings. The monoisotopic (exact) mass is 365 g/mol. The molecular formula is C22H27N3O2. The third-order valence-corrected chi connectivity index (χ3v) is 4.87. The molecule has 3 rings (SSSR count). The molecule has 0 aliphatic carbocycles. The van der Waals surface area contributed by atoms with Gasteiger partial charge < -0.3 is 15.1 Å². The SMILES string of the molecule is CN(C)c1ccc(NC(=O)CCc2ccccc2)cc1C(=O)N1CCCC1. The van der Waals surface area contributed by atoms with E-state index >= 15 is 0 Å². The Hall–Kier alpha value is -2.82. The van der Waals surface area contributed by atoms with Crippen LogP contribution in [0.2, 0.25) is 0 Å². The molecule has 5 heteroatoms. The van der Waals surface area contributed by atoms with Crippen LogP contribution in [-0.4, -0.2) is 43.9 Å². The molecule has 1 fully saturated rings. The number of nitrogens with one attached hydrogen (secondary N) is 1. The van der Waals surface area contributed by atoms with E-state index in [4.69, 9.17) is 0 Å². The summed E-state index contributed by atoms with van der Waals surface area (Å²) in [5.41, 5.74) is 3.32. The maximum absolute atomic E-state index is 12.9. The normalized spacial score (nSPS) is 13.5. The molecule has 0 bridgehead atoms. The van der Waals surface area contributed by atoms with Gasteiger partial charge in [-0.3, -0.25) is 9.59 Å². The van der Waals surface area contributed by atoms with Crippen LogP contribution in [0.3, 0.4) is 0 Å². The molecule has 5 nitrogen and oxygen atoms in total. The Bertz CT molecular complexity index is 796. The van der Waals surface area contributed by atoms with Crippen LogP contribution in [0.25, 0.3) is 0 Å². The summed E-state index contributed by atoms with van der Waals surface area (Å²) < 4.78 is 0. The van der Waals surface area contributed by atoms with Crippen LogP contribution in [0, 0.1) is 0 Å². The van der Waals surface area contributed by atoms with Gasteiger partial charge in [0.05, 0.1) is 5.56 Å². The number of nitrogens with zero attached hydrogens (tertiary/aromatic N) is 2. The summed E-state index contributed by atoms with van der Waals surface area (Å²) in [5.74, 6) is -0.00684. The fraction of sp³-hybridized carbons (Fsp3) is 0.364. The van der Waals surface area contributed by atoms with Gasteiger partial charge in [0.1, 0.15) is 0 Å². The van der Waals surface area contributed by atoms with Crippen molar-refractivity contribution in [3.05, 3.63) is 59.7 Å². The highest BCUT2D eigenvalue weighted by Gasteiger charge is 2.23. The zero-order valence-corrected chi connectivity index (χ0v) is 16.1. The number of rotatable bonds is 6. The van der Waals surface area contributed by atoms with E-state index in [0.717, 1.165) is 37.2 Å². The summed E-state index contributed by atoms with van der Waals surface area (Å²) in [6.45, 7) is 1.61. The minimum Gasteiger partial charge on any atom is -0.377 e. The van der Waals surface area contributed by atoms with E-state index in [1.165, 1.54) is 0 Å². The van der Waals surface area contributed by atoms with Crippen molar-refractivity contribution in [1.29, 1.82) is 0 Å². The van der Waals surface area contributed by atoms with E-state index in [9.17, 15) is 9.59 Å². The minimum atomic E-state index is -0.0453. The van der Waals surface area contributed by atoms with E-state index in [1.54, 1.807) is 6.07 Å². The largest absolute Gasteiger partial charge is 0.377 e. The van der Waals surface area contributed by atoms with Crippen molar-refractivity contribution in [1.82, 2.24) is 4.90 Å². The molecule has 0 aromatic heterocycles. The van der Waals surface area contributed by atoms with Gasteiger partial charge in [0.15, 0.2) is 0 Å². The molecule has 1 saturated heterocycles. The lowest BCUT2D eigenvalue weighted by Gasteiger charge is -2.22. The second-order valence-corrected chi connectivity index (χ2v) is 7.16. The standard InChI is InChI=1S/C22H27N3O2/c1-24(2)20-12-11-18(16-19(20)22(27)25-14-6-7-15-25)23-21(26)13-10-17-8-4-3-5-9-17/h3-5,8-9,11-12,16H,6-7,10,13-15H2,1-2H3,(H,23,26). The Morgan fingerprint density at radius 1 is 1.04 bits per heavy atom. The molecule has 0 saturated carbocycles. The number of likely N-dealkylation sites (tertiary alicyclic amines) is 1. The number of anilines is 2. The van der Waals surface area contributed by atoms with Crippen molar-refractivity contribution in [3.8, 4) is 0 Å². The fourth-order valence-electron chi connectivity index (χ4n) is 3.39. The van der Waals surface area contributed by atoms with Crippen molar-refractivity contribution in [3.63, 3.8) is 0 Å². The van der Waals surface area contributed by atoms with Gasteiger partial charge in [0.2, 0.25) is 5.91 Å². The number of carbonyl (C=O) groups is 2. The van der Waals surface area contributed by atoms with Gasteiger partial charge in [-0.1, -0.05) is 30.3 Å². The number of hydrogen-bond acceptors (Lipinski definition) is 3. The number of amides is 2. The third kappa shape index (κ3) is 4.88. The Labute approximate surface area is 161 Å². The summed E-state index contributed by atoms with van der Waals surface area (Å²) in [5, 5.41) is 2.94. The summed E-state index contributed by atoms with van der Waals surface area (Å²) in [7, 11) is 3.85. The van der Waals surface area contributed by atoms with E-state index in [-0.39, 0.29) is 11.8 Å². The molecule has 142 valence electrons. The zero-order valence-electron chi connectivity index (χ0n) is 16.1. The fourth-order valence-corrected chi connectivity index (χ4v) is 3.39. The van der Waals surface area contributed by atoms with Crippen LogP contribution < -0.4 is 10.2 Å². The first-order chi connectivity index (χ1) is 13.0. The lowest BCUT2D eigenvalue weighted by atomic mass is 10.1. The lowest BCUT2D eigenvalue weighted by Crippen LogP contribution is -2.29. The maximum atomic E-state index is 12.9. The van der Waals surface area contributed by atoms with Crippen LogP contribution in [0.15, 0.2) is 48.5 Å². The molecule has 0 atom stereocenters. The van der Waals surface area contributed by atoms with Gasteiger partial charge in [-0.25, -0.2) is 0 Å². The molecule has 0 radical (unpaired) electrons. The van der Waals surface area contributed by atoms with Crippen molar-refractivity contribution in [2.75, 3.05) is 37.4 Å². The predicted octanol–water partition coefficient (Wildman–Crippen LogP) is 3.56. The van der Waals surface area contributed by atoms with Crippen LogP contribution in [-0.2, 0) is 11.2 Å². The molecule has 0 spiro atoms. The van der Waals surface area contributed by atoms with E-state index in [0.29, 0.717) is 24.1 Å². The van der Waals surface area contributed by atoms with Gasteiger partial charge in [-0.15, -0.1) is 0 Å². The zero-order chi connectivity index (χ0) is 19.2. The summed E-state index contributed by atoms with van der Waals surface area (Å²) in [4.78, 5) is 29.1.